The summed E-state index contributed by atoms with van der Waals surface area (Å²) in [7, 11) is 0. The first kappa shape index (κ1) is 8.47. The van der Waals surface area contributed by atoms with Gasteiger partial charge in [0.1, 0.15) is 0 Å². The van der Waals surface area contributed by atoms with E-state index in [1.54, 1.807) is 6.07 Å². The second kappa shape index (κ2) is 3.18. The first-order valence-electron chi connectivity index (χ1n) is 3.23. The van der Waals surface area contributed by atoms with Crippen molar-refractivity contribution in [3.63, 3.8) is 0 Å². The summed E-state index contributed by atoms with van der Waals surface area (Å²) in [5.41, 5.74) is 5.18. The molecule has 0 spiro atoms. The Morgan fingerprint density at radius 1 is 1.42 bits per heavy atom. The summed E-state index contributed by atoms with van der Waals surface area (Å²) in [4.78, 5) is 0. The van der Waals surface area contributed by atoms with E-state index in [1.807, 2.05) is 0 Å². The minimum absolute atomic E-state index is 0.0285. The SMILES string of the molecule is N#Cc1ccc(N)cc1C(F)F. The summed E-state index contributed by atoms with van der Waals surface area (Å²) in [6, 6.07) is 5.49. The molecule has 1 aromatic carbocycles. The predicted octanol–water partition coefficient (Wildman–Crippen LogP) is 2.08. The van der Waals surface area contributed by atoms with E-state index >= 15 is 0 Å². The number of anilines is 1. The molecule has 1 aromatic rings. The Kier molecular flexibility index (Phi) is 2.24. The average Bonchev–Trinajstić information content (AvgIpc) is 2.04. The average molecular weight is 168 g/mol. The molecule has 0 radical (unpaired) electrons. The highest BCUT2D eigenvalue weighted by molar-refractivity contribution is 5.49. The third-order valence-electron chi connectivity index (χ3n) is 1.43. The van der Waals surface area contributed by atoms with Crippen molar-refractivity contribution in [3.8, 4) is 6.07 Å². The van der Waals surface area contributed by atoms with Gasteiger partial charge in [-0.3, -0.25) is 0 Å². The van der Waals surface area contributed by atoms with Gasteiger partial charge in [0.05, 0.1) is 11.6 Å². The van der Waals surface area contributed by atoms with Gasteiger partial charge >= 0.3 is 0 Å². The zero-order valence-corrected chi connectivity index (χ0v) is 6.09. The normalized spacial score (nSPS) is 9.83. The summed E-state index contributed by atoms with van der Waals surface area (Å²) < 4.78 is 24.4. The molecular formula is C8H6F2N2. The lowest BCUT2D eigenvalue weighted by Crippen LogP contribution is -1.93. The van der Waals surface area contributed by atoms with Crippen molar-refractivity contribution in [1.82, 2.24) is 0 Å². The minimum atomic E-state index is -2.65. The van der Waals surface area contributed by atoms with Gasteiger partial charge in [0, 0.05) is 11.3 Å². The molecule has 2 N–H and O–H groups in total. The predicted molar refractivity (Wildman–Crippen MR) is 40.5 cm³/mol. The number of nitrogens with zero attached hydrogens (tertiary/aromatic N) is 1. The van der Waals surface area contributed by atoms with Crippen molar-refractivity contribution < 1.29 is 8.78 Å². The van der Waals surface area contributed by atoms with Gasteiger partial charge < -0.3 is 5.73 Å². The molecule has 62 valence electrons. The van der Waals surface area contributed by atoms with Crippen LogP contribution < -0.4 is 5.73 Å². The molecule has 0 atom stereocenters. The number of nitriles is 1. The Hall–Kier alpha value is -1.63. The fourth-order valence-corrected chi connectivity index (χ4v) is 0.864. The Morgan fingerprint density at radius 2 is 2.08 bits per heavy atom. The van der Waals surface area contributed by atoms with Crippen LogP contribution in [0, 0.1) is 11.3 Å². The van der Waals surface area contributed by atoms with Crippen molar-refractivity contribution in [2.75, 3.05) is 5.73 Å². The summed E-state index contributed by atoms with van der Waals surface area (Å²) in [6.45, 7) is 0. The van der Waals surface area contributed by atoms with Crippen LogP contribution in [0.2, 0.25) is 0 Å². The summed E-state index contributed by atoms with van der Waals surface area (Å²) in [6.07, 6.45) is -2.65. The van der Waals surface area contributed by atoms with Crippen LogP contribution >= 0.6 is 0 Å². The Bertz CT molecular complexity index is 328. The van der Waals surface area contributed by atoms with Gasteiger partial charge in [-0.05, 0) is 18.2 Å². The quantitative estimate of drug-likeness (QED) is 0.652. The van der Waals surface area contributed by atoms with E-state index in [0.29, 0.717) is 0 Å². The number of benzene rings is 1. The van der Waals surface area contributed by atoms with Crippen LogP contribution in [-0.2, 0) is 0 Å². The number of alkyl halides is 2. The Balaban J connectivity index is 3.24. The van der Waals surface area contributed by atoms with Gasteiger partial charge in [-0.1, -0.05) is 0 Å². The smallest absolute Gasteiger partial charge is 0.265 e. The molecule has 0 unspecified atom stereocenters. The maximum atomic E-state index is 12.2. The number of hydrogen-bond donors (Lipinski definition) is 1. The Labute approximate surface area is 68.2 Å². The summed E-state index contributed by atoms with van der Waals surface area (Å²) in [5, 5.41) is 8.43. The van der Waals surface area contributed by atoms with E-state index in [4.69, 9.17) is 11.0 Å². The lowest BCUT2D eigenvalue weighted by Gasteiger charge is -2.02. The molecule has 0 saturated carbocycles. The number of nitrogens with two attached hydrogens (primary N) is 1. The molecule has 0 bridgehead atoms. The Morgan fingerprint density at radius 3 is 2.58 bits per heavy atom. The number of halogens is 2. The monoisotopic (exact) mass is 168 g/mol. The van der Waals surface area contributed by atoms with Crippen molar-refractivity contribution in [1.29, 1.82) is 5.26 Å². The van der Waals surface area contributed by atoms with E-state index in [1.165, 1.54) is 12.1 Å². The fourth-order valence-electron chi connectivity index (χ4n) is 0.864. The third kappa shape index (κ3) is 1.51. The maximum absolute atomic E-state index is 12.2. The molecule has 12 heavy (non-hydrogen) atoms. The summed E-state index contributed by atoms with van der Waals surface area (Å²) in [5.74, 6) is 0. The van der Waals surface area contributed by atoms with E-state index in [-0.39, 0.29) is 16.8 Å². The van der Waals surface area contributed by atoms with Crippen LogP contribution in [0.3, 0.4) is 0 Å². The maximum Gasteiger partial charge on any atom is 0.265 e. The molecule has 0 saturated heterocycles. The van der Waals surface area contributed by atoms with Gasteiger partial charge in [-0.2, -0.15) is 5.26 Å². The van der Waals surface area contributed by atoms with Crippen molar-refractivity contribution in [2.45, 2.75) is 6.43 Å². The van der Waals surface area contributed by atoms with Crippen molar-refractivity contribution in [3.05, 3.63) is 29.3 Å². The van der Waals surface area contributed by atoms with E-state index in [0.717, 1.165) is 6.07 Å². The van der Waals surface area contributed by atoms with Crippen LogP contribution in [-0.4, -0.2) is 0 Å². The molecule has 0 aliphatic carbocycles. The largest absolute Gasteiger partial charge is 0.399 e. The lowest BCUT2D eigenvalue weighted by molar-refractivity contribution is 0.151. The van der Waals surface area contributed by atoms with Gasteiger partial charge in [-0.15, -0.1) is 0 Å². The van der Waals surface area contributed by atoms with Gasteiger partial charge in [0.15, 0.2) is 0 Å². The standard InChI is InChI=1S/C8H6F2N2/c9-8(10)7-3-6(12)2-1-5(7)4-11/h1-3,8H,12H2. The molecule has 2 nitrogen and oxygen atoms in total. The highest BCUT2D eigenvalue weighted by atomic mass is 19.3. The first-order chi connectivity index (χ1) is 5.65. The molecule has 0 aromatic heterocycles. The summed E-state index contributed by atoms with van der Waals surface area (Å²) >= 11 is 0. The van der Waals surface area contributed by atoms with Crippen molar-refractivity contribution in [2.24, 2.45) is 0 Å². The minimum Gasteiger partial charge on any atom is -0.399 e. The highest BCUT2D eigenvalue weighted by Crippen LogP contribution is 2.24. The second-order valence-corrected chi connectivity index (χ2v) is 2.26. The molecular weight excluding hydrogens is 162 g/mol. The van der Waals surface area contributed by atoms with Crippen LogP contribution in [0.25, 0.3) is 0 Å². The van der Waals surface area contributed by atoms with Gasteiger partial charge in [0.2, 0.25) is 0 Å². The molecule has 0 fully saturated rings. The van der Waals surface area contributed by atoms with Crippen LogP contribution in [0.4, 0.5) is 14.5 Å². The number of nitrogen functional groups attached to an aromatic ring is 1. The van der Waals surface area contributed by atoms with Gasteiger partial charge in [-0.25, -0.2) is 8.78 Å². The molecule has 0 amide bonds. The first-order valence-corrected chi connectivity index (χ1v) is 3.23. The third-order valence-corrected chi connectivity index (χ3v) is 1.43. The van der Waals surface area contributed by atoms with Crippen LogP contribution in [0.1, 0.15) is 17.6 Å². The topological polar surface area (TPSA) is 49.8 Å². The molecule has 0 aliphatic heterocycles. The van der Waals surface area contributed by atoms with Gasteiger partial charge in [0.25, 0.3) is 6.43 Å². The highest BCUT2D eigenvalue weighted by Gasteiger charge is 2.12. The lowest BCUT2D eigenvalue weighted by atomic mass is 10.1. The zero-order valence-electron chi connectivity index (χ0n) is 6.09. The molecule has 1 rings (SSSR count). The molecule has 0 heterocycles. The molecule has 4 heteroatoms. The molecule has 0 aliphatic rings. The number of hydrogen-bond acceptors (Lipinski definition) is 2. The van der Waals surface area contributed by atoms with E-state index < -0.39 is 6.43 Å². The fraction of sp³-hybridized carbons (Fsp3) is 0.125. The van der Waals surface area contributed by atoms with E-state index in [2.05, 4.69) is 0 Å². The van der Waals surface area contributed by atoms with Crippen LogP contribution in [0.5, 0.6) is 0 Å². The van der Waals surface area contributed by atoms with E-state index in [9.17, 15) is 8.78 Å². The van der Waals surface area contributed by atoms with Crippen molar-refractivity contribution >= 4 is 5.69 Å². The second-order valence-electron chi connectivity index (χ2n) is 2.26. The van der Waals surface area contributed by atoms with Crippen LogP contribution in [0.15, 0.2) is 18.2 Å². The number of rotatable bonds is 1. The zero-order chi connectivity index (χ0) is 9.14.